The topological polar surface area (TPSA) is 104 Å². The van der Waals surface area contributed by atoms with Gasteiger partial charge in [0.1, 0.15) is 0 Å². The van der Waals surface area contributed by atoms with Crippen molar-refractivity contribution in [1.82, 2.24) is 10.6 Å². The molecule has 2 fully saturated rings. The summed E-state index contributed by atoms with van der Waals surface area (Å²) in [5, 5.41) is 7.63. The monoisotopic (exact) mass is 443 g/mol. The van der Waals surface area contributed by atoms with E-state index in [1.165, 1.54) is 0 Å². The lowest BCUT2D eigenvalue weighted by Gasteiger charge is -2.16. The number of hydrogen-bond acceptors (Lipinski definition) is 4. The van der Waals surface area contributed by atoms with E-state index in [0.717, 1.165) is 15.7 Å². The molecule has 9 heteroatoms. The number of carbonyl (C=O) groups is 2. The van der Waals surface area contributed by atoms with Crippen LogP contribution in [-0.4, -0.2) is 43.4 Å². The molecule has 7 nitrogen and oxygen atoms in total. The summed E-state index contributed by atoms with van der Waals surface area (Å²) in [5.74, 6) is -0.110. The third-order valence-electron chi connectivity index (χ3n) is 4.86. The van der Waals surface area contributed by atoms with Crippen LogP contribution < -0.4 is 16.0 Å². The molecule has 0 saturated carbocycles. The van der Waals surface area contributed by atoms with Gasteiger partial charge in [0.15, 0.2) is 9.84 Å². The minimum Gasteiger partial charge on any atom is -0.332 e. The fourth-order valence-electron chi connectivity index (χ4n) is 3.57. The van der Waals surface area contributed by atoms with E-state index in [9.17, 15) is 18.0 Å². The summed E-state index contributed by atoms with van der Waals surface area (Å²) >= 11 is 3.42. The predicted octanol–water partition coefficient (Wildman–Crippen LogP) is 2.10. The van der Waals surface area contributed by atoms with Gasteiger partial charge < -0.3 is 16.0 Å². The lowest BCUT2D eigenvalue weighted by Crippen LogP contribution is -2.39. The van der Waals surface area contributed by atoms with E-state index in [1.807, 2.05) is 25.1 Å². The Hall–Kier alpha value is -1.61. The molecule has 2 heterocycles. The number of benzene rings is 1. The number of urea groups is 1. The van der Waals surface area contributed by atoms with Crippen molar-refractivity contribution in [2.45, 2.75) is 49.9 Å². The number of sulfone groups is 1. The molecule has 142 valence electrons. The quantitative estimate of drug-likeness (QED) is 0.462. The van der Waals surface area contributed by atoms with E-state index < -0.39 is 15.1 Å². The smallest absolute Gasteiger partial charge is 0.315 e. The number of unbranched alkanes of at least 4 members (excludes halogenated alkanes) is 1. The second-order valence-corrected chi connectivity index (χ2v) is 10.0. The van der Waals surface area contributed by atoms with E-state index in [0.29, 0.717) is 25.7 Å². The Morgan fingerprint density at radius 1 is 1.31 bits per heavy atom. The molecule has 3 atom stereocenters. The summed E-state index contributed by atoms with van der Waals surface area (Å²) in [5.41, 5.74) is 1.82. The van der Waals surface area contributed by atoms with Crippen LogP contribution in [0, 0.1) is 6.92 Å². The molecule has 2 aliphatic rings. The molecule has 0 aliphatic carbocycles. The van der Waals surface area contributed by atoms with Crippen LogP contribution in [0.4, 0.5) is 10.5 Å². The summed E-state index contributed by atoms with van der Waals surface area (Å²) in [4.78, 5) is 23.5. The SMILES string of the molecule is Cc1ccc(NC(=O)CCCC[C@@H]2[C@H]3NC(=O)N[C@H]3CS2(=O)=O)c(Br)c1. The Bertz CT molecular complexity index is 827. The molecular weight excluding hydrogens is 422 g/mol. The first-order chi connectivity index (χ1) is 12.3. The van der Waals surface area contributed by atoms with Crippen molar-refractivity contribution >= 4 is 43.4 Å². The van der Waals surface area contributed by atoms with Crippen LogP contribution in [0.3, 0.4) is 0 Å². The zero-order valence-corrected chi connectivity index (χ0v) is 16.8. The number of halogens is 1. The number of amides is 3. The van der Waals surface area contributed by atoms with Gasteiger partial charge >= 0.3 is 6.03 Å². The third-order valence-corrected chi connectivity index (χ3v) is 7.79. The van der Waals surface area contributed by atoms with Crippen LogP contribution in [-0.2, 0) is 14.6 Å². The molecule has 1 aromatic carbocycles. The van der Waals surface area contributed by atoms with Gasteiger partial charge in [0.25, 0.3) is 0 Å². The van der Waals surface area contributed by atoms with Crippen molar-refractivity contribution in [2.24, 2.45) is 0 Å². The lowest BCUT2D eigenvalue weighted by molar-refractivity contribution is -0.116. The summed E-state index contributed by atoms with van der Waals surface area (Å²) in [6.45, 7) is 1.97. The number of nitrogens with one attached hydrogen (secondary N) is 3. The van der Waals surface area contributed by atoms with Crippen LogP contribution in [0.2, 0.25) is 0 Å². The Labute approximate surface area is 161 Å². The van der Waals surface area contributed by atoms with E-state index in [-0.39, 0.29) is 29.8 Å². The first-order valence-corrected chi connectivity index (χ1v) is 11.1. The van der Waals surface area contributed by atoms with E-state index >= 15 is 0 Å². The molecule has 3 amide bonds. The number of rotatable bonds is 6. The molecule has 0 unspecified atom stereocenters. The molecule has 2 aliphatic heterocycles. The highest BCUT2D eigenvalue weighted by molar-refractivity contribution is 9.10. The minimum absolute atomic E-state index is 0.0109. The van der Waals surface area contributed by atoms with Gasteiger partial charge in [-0.05, 0) is 53.4 Å². The van der Waals surface area contributed by atoms with Crippen LogP contribution in [0.25, 0.3) is 0 Å². The van der Waals surface area contributed by atoms with Crippen molar-refractivity contribution in [3.05, 3.63) is 28.2 Å². The van der Waals surface area contributed by atoms with Gasteiger partial charge in [0, 0.05) is 10.9 Å². The molecule has 3 rings (SSSR count). The fraction of sp³-hybridized carbons (Fsp3) is 0.529. The van der Waals surface area contributed by atoms with Crippen LogP contribution >= 0.6 is 15.9 Å². The number of carbonyl (C=O) groups excluding carboxylic acids is 2. The minimum atomic E-state index is -3.21. The number of fused-ring (bicyclic) bond motifs is 1. The Morgan fingerprint density at radius 3 is 2.81 bits per heavy atom. The number of hydrogen-bond donors (Lipinski definition) is 3. The van der Waals surface area contributed by atoms with Crippen LogP contribution in [0.1, 0.15) is 31.2 Å². The van der Waals surface area contributed by atoms with Crippen LogP contribution in [0.15, 0.2) is 22.7 Å². The van der Waals surface area contributed by atoms with Crippen molar-refractivity contribution in [3.63, 3.8) is 0 Å². The standard InChI is InChI=1S/C17H22BrN3O4S/c1-10-6-7-12(11(18)8-10)19-15(22)5-3-2-4-14-16-13(9-26(14,24)25)20-17(23)21-16/h6-8,13-14,16H,2-5,9H2,1H3,(H,19,22)(H2,20,21,23)/t13-,14+,16-/m0/s1. The molecule has 0 spiro atoms. The van der Waals surface area contributed by atoms with Crippen molar-refractivity contribution in [3.8, 4) is 0 Å². The van der Waals surface area contributed by atoms with Gasteiger partial charge in [-0.1, -0.05) is 12.5 Å². The summed E-state index contributed by atoms with van der Waals surface area (Å²) in [7, 11) is -3.21. The highest BCUT2D eigenvalue weighted by atomic mass is 79.9. The van der Waals surface area contributed by atoms with Gasteiger partial charge in [-0.25, -0.2) is 13.2 Å². The van der Waals surface area contributed by atoms with Crippen molar-refractivity contribution in [2.75, 3.05) is 11.1 Å². The van der Waals surface area contributed by atoms with Gasteiger partial charge in [-0.2, -0.15) is 0 Å². The average Bonchev–Trinajstić information content (AvgIpc) is 2.99. The zero-order chi connectivity index (χ0) is 18.9. The van der Waals surface area contributed by atoms with E-state index in [1.54, 1.807) is 0 Å². The summed E-state index contributed by atoms with van der Waals surface area (Å²) in [6, 6.07) is 4.71. The van der Waals surface area contributed by atoms with E-state index in [4.69, 9.17) is 0 Å². The molecular formula is C17H22BrN3O4S. The highest BCUT2D eigenvalue weighted by Crippen LogP contribution is 2.28. The molecule has 2 saturated heterocycles. The summed E-state index contributed by atoms with van der Waals surface area (Å²) in [6.07, 6.45) is 1.99. The fourth-order valence-corrected chi connectivity index (χ4v) is 6.43. The van der Waals surface area contributed by atoms with Crippen LogP contribution in [0.5, 0.6) is 0 Å². The number of aryl methyl sites for hydroxylation is 1. The first kappa shape index (κ1) is 19.2. The first-order valence-electron chi connectivity index (χ1n) is 8.61. The third kappa shape index (κ3) is 4.20. The maximum Gasteiger partial charge on any atom is 0.315 e. The van der Waals surface area contributed by atoms with Gasteiger partial charge in [-0.15, -0.1) is 0 Å². The second kappa shape index (κ2) is 7.56. The molecule has 3 N–H and O–H groups in total. The second-order valence-electron chi connectivity index (χ2n) is 6.90. The van der Waals surface area contributed by atoms with Crippen molar-refractivity contribution in [1.29, 1.82) is 0 Å². The average molecular weight is 444 g/mol. The Balaban J connectivity index is 1.46. The molecule has 1 aromatic rings. The number of anilines is 1. The normalized spacial score (nSPS) is 26.1. The highest BCUT2D eigenvalue weighted by Gasteiger charge is 2.51. The molecule has 26 heavy (non-hydrogen) atoms. The molecule has 0 radical (unpaired) electrons. The molecule has 0 bridgehead atoms. The van der Waals surface area contributed by atoms with Gasteiger partial charge in [-0.3, -0.25) is 4.79 Å². The largest absolute Gasteiger partial charge is 0.332 e. The predicted molar refractivity (Wildman–Crippen MR) is 103 cm³/mol. The maximum atomic E-state index is 12.2. The summed E-state index contributed by atoms with van der Waals surface area (Å²) < 4.78 is 25.3. The molecule has 0 aromatic heterocycles. The zero-order valence-electron chi connectivity index (χ0n) is 14.4. The van der Waals surface area contributed by atoms with Gasteiger partial charge in [0.05, 0.1) is 28.8 Å². The Kier molecular flexibility index (Phi) is 5.57. The lowest BCUT2D eigenvalue weighted by atomic mass is 10.0. The van der Waals surface area contributed by atoms with Gasteiger partial charge in [0.2, 0.25) is 5.91 Å². The van der Waals surface area contributed by atoms with Crippen molar-refractivity contribution < 1.29 is 18.0 Å². The Morgan fingerprint density at radius 2 is 2.08 bits per heavy atom. The maximum absolute atomic E-state index is 12.2. The van der Waals surface area contributed by atoms with E-state index in [2.05, 4.69) is 31.9 Å².